The molecule has 0 aliphatic carbocycles. The highest BCUT2D eigenvalue weighted by Crippen LogP contribution is 2.17. The van der Waals surface area contributed by atoms with Gasteiger partial charge in [-0.1, -0.05) is 6.07 Å². The van der Waals surface area contributed by atoms with Gasteiger partial charge in [-0.3, -0.25) is 14.3 Å². The number of nitrogens with zero attached hydrogens (tertiary/aromatic N) is 3. The highest BCUT2D eigenvalue weighted by atomic mass is 32.1. The van der Waals surface area contributed by atoms with Gasteiger partial charge in [0, 0.05) is 44.1 Å². The van der Waals surface area contributed by atoms with Gasteiger partial charge in [0.2, 0.25) is 0 Å². The van der Waals surface area contributed by atoms with Crippen molar-refractivity contribution in [3.8, 4) is 11.8 Å². The molecule has 0 atom stereocenters. The van der Waals surface area contributed by atoms with Crippen LogP contribution in [0.1, 0.15) is 6.92 Å². The largest absolute Gasteiger partial charge is 0.492 e. The Bertz CT molecular complexity index is 1140. The third-order valence-electron chi connectivity index (χ3n) is 4.75. The lowest BCUT2D eigenvalue weighted by atomic mass is 10.3. The molecule has 0 spiro atoms. The SMILES string of the molecule is CCn1c(=O)/c(=C\Nc2cccc(OCCN3CCOCC3)c2)s/c1=C(/C#N)C(=O)O. The molecular weight excluding hydrogens is 420 g/mol. The first-order valence-corrected chi connectivity index (χ1v) is 10.7. The van der Waals surface area contributed by atoms with E-state index in [9.17, 15) is 14.7 Å². The molecule has 0 radical (unpaired) electrons. The highest BCUT2D eigenvalue weighted by molar-refractivity contribution is 7.07. The number of benzene rings is 1. The van der Waals surface area contributed by atoms with E-state index in [2.05, 4.69) is 10.2 Å². The normalized spacial score (nSPS) is 15.9. The van der Waals surface area contributed by atoms with E-state index in [1.807, 2.05) is 24.3 Å². The van der Waals surface area contributed by atoms with E-state index in [0.717, 1.165) is 49.9 Å². The lowest BCUT2D eigenvalue weighted by molar-refractivity contribution is -0.130. The number of aromatic nitrogens is 1. The van der Waals surface area contributed by atoms with Gasteiger partial charge in [0.1, 0.15) is 27.6 Å². The van der Waals surface area contributed by atoms with Gasteiger partial charge in [0.15, 0.2) is 5.57 Å². The van der Waals surface area contributed by atoms with E-state index in [0.29, 0.717) is 16.9 Å². The molecule has 0 bridgehead atoms. The molecule has 1 aliphatic heterocycles. The molecule has 1 aromatic carbocycles. The van der Waals surface area contributed by atoms with Crippen LogP contribution >= 0.6 is 11.3 Å². The predicted molar refractivity (Wildman–Crippen MR) is 117 cm³/mol. The number of morpholine rings is 1. The van der Waals surface area contributed by atoms with E-state index in [4.69, 9.17) is 14.7 Å². The Hall–Kier alpha value is -3.13. The minimum Gasteiger partial charge on any atom is -0.492 e. The number of aliphatic carboxylic acids is 1. The third kappa shape index (κ3) is 5.73. The third-order valence-corrected chi connectivity index (χ3v) is 5.88. The number of nitrogens with one attached hydrogen (secondary N) is 1. The summed E-state index contributed by atoms with van der Waals surface area (Å²) in [7, 11) is 0. The number of rotatable bonds is 8. The number of hydrogen-bond acceptors (Lipinski definition) is 8. The Balaban J connectivity index is 1.74. The van der Waals surface area contributed by atoms with Gasteiger partial charge in [-0.15, -0.1) is 11.3 Å². The van der Waals surface area contributed by atoms with Crippen LogP contribution in [0.3, 0.4) is 0 Å². The maximum absolute atomic E-state index is 12.6. The second-order valence-corrected chi connectivity index (χ2v) is 7.76. The van der Waals surface area contributed by atoms with Crippen LogP contribution in [0.2, 0.25) is 0 Å². The van der Waals surface area contributed by atoms with Crippen LogP contribution in [0.4, 0.5) is 5.69 Å². The molecule has 31 heavy (non-hydrogen) atoms. The summed E-state index contributed by atoms with van der Waals surface area (Å²) in [4.78, 5) is 26.2. The zero-order chi connectivity index (χ0) is 22.2. The van der Waals surface area contributed by atoms with Crippen molar-refractivity contribution in [3.63, 3.8) is 0 Å². The number of anilines is 1. The van der Waals surface area contributed by atoms with Crippen molar-refractivity contribution in [2.45, 2.75) is 13.5 Å². The van der Waals surface area contributed by atoms with Gasteiger partial charge < -0.3 is 19.9 Å². The number of carbonyl (C=O) groups is 1. The number of carboxylic acid groups (broad SMARTS) is 1. The quantitative estimate of drug-likeness (QED) is 0.595. The number of thiazole rings is 1. The minimum atomic E-state index is -1.35. The van der Waals surface area contributed by atoms with Crippen molar-refractivity contribution in [1.29, 1.82) is 5.26 Å². The first-order chi connectivity index (χ1) is 15.0. The Morgan fingerprint density at radius 1 is 1.42 bits per heavy atom. The van der Waals surface area contributed by atoms with Crippen LogP contribution < -0.4 is 24.8 Å². The maximum atomic E-state index is 12.6. The molecular formula is C21H24N4O5S. The molecule has 1 aromatic heterocycles. The van der Waals surface area contributed by atoms with Crippen LogP contribution in [0.25, 0.3) is 11.8 Å². The molecule has 2 heterocycles. The van der Waals surface area contributed by atoms with Crippen molar-refractivity contribution in [3.05, 3.63) is 43.8 Å². The standard InChI is InChI=1S/C21H24N4O5S/c1-2-25-19(26)18(31-20(25)17(13-22)21(27)28)14-23-15-4-3-5-16(12-15)30-11-8-24-6-9-29-10-7-24/h3-5,12,14,23H,2,6-11H2,1H3,(H,27,28)/b18-14+,20-17-. The molecule has 0 unspecified atom stereocenters. The predicted octanol–water partition coefficient (Wildman–Crippen LogP) is 0.250. The molecule has 1 saturated heterocycles. The van der Waals surface area contributed by atoms with Gasteiger partial charge in [-0.05, 0) is 19.1 Å². The lowest BCUT2D eigenvalue weighted by Crippen LogP contribution is -2.38. The summed E-state index contributed by atoms with van der Waals surface area (Å²) in [5, 5.41) is 21.4. The summed E-state index contributed by atoms with van der Waals surface area (Å²) >= 11 is 0.970. The van der Waals surface area contributed by atoms with Crippen LogP contribution in [0.15, 0.2) is 29.1 Å². The minimum absolute atomic E-state index is 0.135. The Kier molecular flexibility index (Phi) is 7.83. The van der Waals surface area contributed by atoms with Crippen LogP contribution in [0.5, 0.6) is 5.75 Å². The molecule has 0 amide bonds. The summed E-state index contributed by atoms with van der Waals surface area (Å²) in [6, 6.07) is 9.03. The number of carboxylic acids is 1. The zero-order valence-corrected chi connectivity index (χ0v) is 18.0. The first kappa shape index (κ1) is 22.6. The number of ether oxygens (including phenoxy) is 2. The smallest absolute Gasteiger partial charge is 0.349 e. The second kappa shape index (κ2) is 10.8. The lowest BCUT2D eigenvalue weighted by Gasteiger charge is -2.26. The molecule has 0 saturated carbocycles. The number of nitriles is 1. The summed E-state index contributed by atoms with van der Waals surface area (Å²) in [5.41, 5.74) is -0.0647. The van der Waals surface area contributed by atoms with E-state index < -0.39 is 11.5 Å². The van der Waals surface area contributed by atoms with Gasteiger partial charge in [0.05, 0.1) is 13.2 Å². The van der Waals surface area contributed by atoms with Gasteiger partial charge in [0.25, 0.3) is 5.56 Å². The van der Waals surface area contributed by atoms with Crippen LogP contribution in [-0.4, -0.2) is 60.0 Å². The topological polar surface area (TPSA) is 117 Å². The first-order valence-electron chi connectivity index (χ1n) is 9.90. The van der Waals surface area contributed by atoms with Crippen LogP contribution in [0, 0.1) is 11.3 Å². The Morgan fingerprint density at radius 3 is 2.87 bits per heavy atom. The van der Waals surface area contributed by atoms with Crippen molar-refractivity contribution in [2.75, 3.05) is 44.8 Å². The fourth-order valence-electron chi connectivity index (χ4n) is 3.12. The molecule has 10 heteroatoms. The monoisotopic (exact) mass is 444 g/mol. The highest BCUT2D eigenvalue weighted by Gasteiger charge is 2.14. The molecule has 164 valence electrons. The van der Waals surface area contributed by atoms with Gasteiger partial charge >= 0.3 is 5.97 Å². The summed E-state index contributed by atoms with van der Waals surface area (Å²) in [5.74, 6) is -0.650. The van der Waals surface area contributed by atoms with Crippen molar-refractivity contribution in [1.82, 2.24) is 9.47 Å². The Labute approximate surface area is 183 Å². The summed E-state index contributed by atoms with van der Waals surface area (Å²) in [6.07, 6.45) is 1.52. The fourth-order valence-corrected chi connectivity index (χ4v) is 4.20. The van der Waals surface area contributed by atoms with Crippen molar-refractivity contribution < 1.29 is 19.4 Å². The molecule has 2 N–H and O–H groups in total. The van der Waals surface area contributed by atoms with Crippen molar-refractivity contribution in [2.24, 2.45) is 0 Å². The Morgan fingerprint density at radius 2 is 2.19 bits per heavy atom. The van der Waals surface area contributed by atoms with E-state index in [-0.39, 0.29) is 16.8 Å². The van der Waals surface area contributed by atoms with Crippen LogP contribution in [-0.2, 0) is 16.1 Å². The summed E-state index contributed by atoms with van der Waals surface area (Å²) in [6.45, 7) is 6.69. The van der Waals surface area contributed by atoms with Crippen molar-refractivity contribution >= 4 is 34.8 Å². The molecule has 2 aromatic rings. The van der Waals surface area contributed by atoms with E-state index in [1.54, 1.807) is 13.0 Å². The molecule has 1 aliphatic rings. The fraction of sp³-hybridized carbons (Fsp3) is 0.381. The van der Waals surface area contributed by atoms with Gasteiger partial charge in [-0.2, -0.15) is 5.26 Å². The maximum Gasteiger partial charge on any atom is 0.349 e. The molecule has 1 fully saturated rings. The van der Waals surface area contributed by atoms with E-state index in [1.165, 1.54) is 10.8 Å². The van der Waals surface area contributed by atoms with Gasteiger partial charge in [-0.25, -0.2) is 4.79 Å². The summed E-state index contributed by atoms with van der Waals surface area (Å²) < 4.78 is 12.9. The molecule has 9 nitrogen and oxygen atoms in total. The molecule has 3 rings (SSSR count). The zero-order valence-electron chi connectivity index (χ0n) is 17.2. The average Bonchev–Trinajstić information content (AvgIpc) is 3.08. The average molecular weight is 445 g/mol. The number of hydrogen-bond donors (Lipinski definition) is 2. The van der Waals surface area contributed by atoms with E-state index >= 15 is 0 Å². The second-order valence-electron chi connectivity index (χ2n) is 6.73.